The summed E-state index contributed by atoms with van der Waals surface area (Å²) in [6.45, 7) is 9.98. The van der Waals surface area contributed by atoms with Gasteiger partial charge in [0.1, 0.15) is 0 Å². The molecule has 96 valence electrons. The van der Waals surface area contributed by atoms with Crippen molar-refractivity contribution >= 4 is 0 Å². The largest absolute Gasteiger partial charge is 0.376 e. The van der Waals surface area contributed by atoms with Crippen LogP contribution in [-0.4, -0.2) is 31.5 Å². The molecule has 2 unspecified atom stereocenters. The summed E-state index contributed by atoms with van der Waals surface area (Å²) in [6.07, 6.45) is 3.83. The van der Waals surface area contributed by atoms with E-state index < -0.39 is 0 Å². The van der Waals surface area contributed by atoms with Crippen molar-refractivity contribution in [1.82, 2.24) is 0 Å². The first-order valence-electron chi connectivity index (χ1n) is 6.39. The molecule has 3 nitrogen and oxygen atoms in total. The van der Waals surface area contributed by atoms with Gasteiger partial charge in [0.05, 0.1) is 25.4 Å². The topological polar surface area (TPSA) is 44.5 Å². The van der Waals surface area contributed by atoms with Crippen molar-refractivity contribution in [1.29, 1.82) is 0 Å². The molecular weight excluding hydrogens is 202 g/mol. The Kier molecular flexibility index (Phi) is 5.22. The zero-order valence-electron chi connectivity index (χ0n) is 11.2. The van der Waals surface area contributed by atoms with Crippen LogP contribution in [0.15, 0.2) is 0 Å². The Morgan fingerprint density at radius 3 is 2.62 bits per heavy atom. The van der Waals surface area contributed by atoms with Gasteiger partial charge in [0, 0.05) is 6.04 Å². The summed E-state index contributed by atoms with van der Waals surface area (Å²) < 4.78 is 11.3. The standard InChI is InChI=1S/C13H27NO2/c1-10(2)15-7-8-16-12-9-13(3,4)6-5-11(12)14/h10-12H,5-9,14H2,1-4H3. The highest BCUT2D eigenvalue weighted by molar-refractivity contribution is 4.87. The number of hydrogen-bond donors (Lipinski definition) is 1. The Bertz CT molecular complexity index is 204. The monoisotopic (exact) mass is 229 g/mol. The molecule has 0 aromatic rings. The van der Waals surface area contributed by atoms with Gasteiger partial charge in [0.15, 0.2) is 0 Å². The maximum Gasteiger partial charge on any atom is 0.0732 e. The molecule has 1 fully saturated rings. The second-order valence-corrected chi connectivity index (χ2v) is 5.90. The third-order valence-electron chi connectivity index (χ3n) is 3.25. The van der Waals surface area contributed by atoms with Crippen molar-refractivity contribution in [3.8, 4) is 0 Å². The summed E-state index contributed by atoms with van der Waals surface area (Å²) in [5.41, 5.74) is 6.45. The second kappa shape index (κ2) is 5.99. The normalized spacial score (nSPS) is 29.6. The van der Waals surface area contributed by atoms with E-state index in [1.54, 1.807) is 0 Å². The number of hydrogen-bond acceptors (Lipinski definition) is 3. The van der Waals surface area contributed by atoms with Gasteiger partial charge in [-0.2, -0.15) is 0 Å². The van der Waals surface area contributed by atoms with Crippen LogP contribution in [0.5, 0.6) is 0 Å². The summed E-state index contributed by atoms with van der Waals surface area (Å²) >= 11 is 0. The van der Waals surface area contributed by atoms with Crippen LogP contribution in [0.25, 0.3) is 0 Å². The lowest BCUT2D eigenvalue weighted by molar-refractivity contribution is -0.0505. The highest BCUT2D eigenvalue weighted by Gasteiger charge is 2.33. The quantitative estimate of drug-likeness (QED) is 0.736. The van der Waals surface area contributed by atoms with Crippen LogP contribution in [-0.2, 0) is 9.47 Å². The van der Waals surface area contributed by atoms with Crippen LogP contribution in [0, 0.1) is 5.41 Å². The summed E-state index contributed by atoms with van der Waals surface area (Å²) in [4.78, 5) is 0. The molecule has 0 bridgehead atoms. The van der Waals surface area contributed by atoms with Gasteiger partial charge >= 0.3 is 0 Å². The molecular formula is C13H27NO2. The molecule has 0 saturated heterocycles. The smallest absolute Gasteiger partial charge is 0.0732 e. The van der Waals surface area contributed by atoms with E-state index in [4.69, 9.17) is 15.2 Å². The van der Waals surface area contributed by atoms with Crippen molar-refractivity contribution in [2.75, 3.05) is 13.2 Å². The van der Waals surface area contributed by atoms with Gasteiger partial charge in [-0.3, -0.25) is 0 Å². The summed E-state index contributed by atoms with van der Waals surface area (Å²) in [5.74, 6) is 0. The SMILES string of the molecule is CC(C)OCCOC1CC(C)(C)CCC1N. The Hall–Kier alpha value is -0.120. The van der Waals surface area contributed by atoms with Gasteiger partial charge in [0.2, 0.25) is 0 Å². The molecule has 0 aromatic heterocycles. The van der Waals surface area contributed by atoms with E-state index in [0.29, 0.717) is 18.6 Å². The van der Waals surface area contributed by atoms with E-state index in [1.165, 1.54) is 6.42 Å². The van der Waals surface area contributed by atoms with Crippen LogP contribution in [0.3, 0.4) is 0 Å². The second-order valence-electron chi connectivity index (χ2n) is 5.90. The zero-order chi connectivity index (χ0) is 12.2. The fraction of sp³-hybridized carbons (Fsp3) is 1.00. The number of ether oxygens (including phenoxy) is 2. The van der Waals surface area contributed by atoms with Crippen LogP contribution in [0.1, 0.15) is 47.0 Å². The molecule has 1 rings (SSSR count). The molecule has 3 heteroatoms. The fourth-order valence-corrected chi connectivity index (χ4v) is 2.21. The minimum absolute atomic E-state index is 0.201. The molecule has 0 heterocycles. The third kappa shape index (κ3) is 4.81. The molecule has 2 atom stereocenters. The number of nitrogens with two attached hydrogens (primary N) is 1. The summed E-state index contributed by atoms with van der Waals surface area (Å²) in [5, 5.41) is 0. The van der Waals surface area contributed by atoms with Gasteiger partial charge in [0.25, 0.3) is 0 Å². The molecule has 0 aromatic carbocycles. The molecule has 1 aliphatic carbocycles. The third-order valence-corrected chi connectivity index (χ3v) is 3.25. The fourth-order valence-electron chi connectivity index (χ4n) is 2.21. The molecule has 1 saturated carbocycles. The van der Waals surface area contributed by atoms with Gasteiger partial charge in [-0.25, -0.2) is 0 Å². The highest BCUT2D eigenvalue weighted by atomic mass is 16.5. The van der Waals surface area contributed by atoms with E-state index in [0.717, 1.165) is 12.8 Å². The molecule has 2 N–H and O–H groups in total. The molecule has 0 aliphatic heterocycles. The Labute approximate surface area is 99.7 Å². The van der Waals surface area contributed by atoms with Crippen molar-refractivity contribution in [3.63, 3.8) is 0 Å². The van der Waals surface area contributed by atoms with Crippen LogP contribution in [0.2, 0.25) is 0 Å². The van der Waals surface area contributed by atoms with E-state index in [9.17, 15) is 0 Å². The van der Waals surface area contributed by atoms with E-state index in [-0.39, 0.29) is 18.2 Å². The van der Waals surface area contributed by atoms with E-state index in [2.05, 4.69) is 13.8 Å². The minimum atomic E-state index is 0.201. The lowest BCUT2D eigenvalue weighted by atomic mass is 9.74. The lowest BCUT2D eigenvalue weighted by Crippen LogP contribution is -2.45. The molecule has 16 heavy (non-hydrogen) atoms. The maximum absolute atomic E-state index is 6.08. The maximum atomic E-state index is 6.08. The first kappa shape index (κ1) is 13.9. The highest BCUT2D eigenvalue weighted by Crippen LogP contribution is 2.35. The van der Waals surface area contributed by atoms with Crippen molar-refractivity contribution in [2.24, 2.45) is 11.1 Å². The zero-order valence-corrected chi connectivity index (χ0v) is 11.2. The first-order valence-corrected chi connectivity index (χ1v) is 6.39. The van der Waals surface area contributed by atoms with Crippen LogP contribution >= 0.6 is 0 Å². The van der Waals surface area contributed by atoms with Crippen LogP contribution in [0.4, 0.5) is 0 Å². The van der Waals surface area contributed by atoms with Gasteiger partial charge in [-0.05, 0) is 38.5 Å². The summed E-state index contributed by atoms with van der Waals surface area (Å²) in [6, 6.07) is 0.201. The molecule has 1 aliphatic rings. The van der Waals surface area contributed by atoms with Gasteiger partial charge in [-0.15, -0.1) is 0 Å². The average Bonchev–Trinajstić information content (AvgIpc) is 2.17. The summed E-state index contributed by atoms with van der Waals surface area (Å²) in [7, 11) is 0. The van der Waals surface area contributed by atoms with Gasteiger partial charge < -0.3 is 15.2 Å². The predicted octanol–water partition coefficient (Wildman–Crippen LogP) is 2.33. The first-order chi connectivity index (χ1) is 7.41. The predicted molar refractivity (Wildman–Crippen MR) is 66.4 cm³/mol. The van der Waals surface area contributed by atoms with Crippen molar-refractivity contribution < 1.29 is 9.47 Å². The Balaban J connectivity index is 2.24. The van der Waals surface area contributed by atoms with Crippen molar-refractivity contribution in [3.05, 3.63) is 0 Å². The molecule has 0 radical (unpaired) electrons. The van der Waals surface area contributed by atoms with E-state index in [1.807, 2.05) is 13.8 Å². The average molecular weight is 229 g/mol. The van der Waals surface area contributed by atoms with Crippen LogP contribution < -0.4 is 5.73 Å². The molecule has 0 amide bonds. The van der Waals surface area contributed by atoms with Crippen molar-refractivity contribution in [2.45, 2.75) is 65.2 Å². The lowest BCUT2D eigenvalue weighted by Gasteiger charge is -2.39. The Morgan fingerprint density at radius 1 is 1.31 bits per heavy atom. The Morgan fingerprint density at radius 2 is 2.00 bits per heavy atom. The van der Waals surface area contributed by atoms with Gasteiger partial charge in [-0.1, -0.05) is 13.8 Å². The minimum Gasteiger partial charge on any atom is -0.376 e. The number of rotatable bonds is 5. The molecule has 0 spiro atoms. The van der Waals surface area contributed by atoms with E-state index >= 15 is 0 Å².